The van der Waals surface area contributed by atoms with E-state index in [-0.39, 0.29) is 6.10 Å². The van der Waals surface area contributed by atoms with Crippen molar-refractivity contribution in [3.63, 3.8) is 0 Å². The number of benzene rings is 1. The molecule has 5 heteroatoms. The number of likely N-dealkylation sites (N-methyl/N-ethyl adjacent to an activating group) is 1. The van der Waals surface area contributed by atoms with Crippen molar-refractivity contribution in [3.8, 4) is 11.5 Å². The van der Waals surface area contributed by atoms with E-state index in [0.29, 0.717) is 25.6 Å². The largest absolute Gasteiger partial charge is 0.486 e. The Kier molecular flexibility index (Phi) is 3.59. The molecule has 19 heavy (non-hydrogen) atoms. The molecule has 1 saturated heterocycles. The fraction of sp³-hybridized carbons (Fsp3) is 0.571. The average Bonchev–Trinajstić information content (AvgIpc) is 2.46. The SMILES string of the molecule is CN1CCOC(C(O)c2ccc3c(c2)OCCO3)C1. The second-order valence-corrected chi connectivity index (χ2v) is 5.02. The van der Waals surface area contributed by atoms with Gasteiger partial charge in [-0.1, -0.05) is 6.07 Å². The number of nitrogens with zero attached hydrogens (tertiary/aromatic N) is 1. The van der Waals surface area contributed by atoms with E-state index in [9.17, 15) is 5.11 Å². The highest BCUT2D eigenvalue weighted by Crippen LogP contribution is 2.34. The molecule has 0 amide bonds. The van der Waals surface area contributed by atoms with Crippen LogP contribution < -0.4 is 9.47 Å². The van der Waals surface area contributed by atoms with E-state index in [4.69, 9.17) is 14.2 Å². The summed E-state index contributed by atoms with van der Waals surface area (Å²) in [6.45, 7) is 3.42. The molecule has 1 aromatic rings. The van der Waals surface area contributed by atoms with Gasteiger partial charge >= 0.3 is 0 Å². The van der Waals surface area contributed by atoms with Gasteiger partial charge in [-0.25, -0.2) is 0 Å². The number of fused-ring (bicyclic) bond motifs is 1. The van der Waals surface area contributed by atoms with Crippen molar-refractivity contribution in [1.82, 2.24) is 4.90 Å². The number of aliphatic hydroxyl groups excluding tert-OH is 1. The van der Waals surface area contributed by atoms with Crippen LogP contribution in [0.2, 0.25) is 0 Å². The lowest BCUT2D eigenvalue weighted by Gasteiger charge is -2.33. The Hall–Kier alpha value is -1.30. The summed E-state index contributed by atoms with van der Waals surface area (Å²) in [6.07, 6.45) is -0.833. The highest BCUT2D eigenvalue weighted by molar-refractivity contribution is 5.44. The zero-order chi connectivity index (χ0) is 13.2. The van der Waals surface area contributed by atoms with Crippen LogP contribution >= 0.6 is 0 Å². The summed E-state index contributed by atoms with van der Waals surface area (Å²) >= 11 is 0. The minimum Gasteiger partial charge on any atom is -0.486 e. The molecule has 3 rings (SSSR count). The predicted molar refractivity (Wildman–Crippen MR) is 69.6 cm³/mol. The number of hydrogen-bond acceptors (Lipinski definition) is 5. The molecular formula is C14H19NO4. The Morgan fingerprint density at radius 2 is 2.00 bits per heavy atom. The zero-order valence-electron chi connectivity index (χ0n) is 11.0. The lowest BCUT2D eigenvalue weighted by Crippen LogP contribution is -2.43. The lowest BCUT2D eigenvalue weighted by atomic mass is 10.0. The Balaban J connectivity index is 1.77. The summed E-state index contributed by atoms with van der Waals surface area (Å²) in [6, 6.07) is 5.56. The molecule has 0 aliphatic carbocycles. The molecule has 0 aromatic heterocycles. The van der Waals surface area contributed by atoms with Gasteiger partial charge in [-0.15, -0.1) is 0 Å². The van der Waals surface area contributed by atoms with Crippen molar-refractivity contribution in [1.29, 1.82) is 0 Å². The summed E-state index contributed by atoms with van der Waals surface area (Å²) < 4.78 is 16.7. The van der Waals surface area contributed by atoms with Crippen molar-refractivity contribution in [2.45, 2.75) is 12.2 Å². The smallest absolute Gasteiger partial charge is 0.161 e. The van der Waals surface area contributed by atoms with E-state index in [1.807, 2.05) is 25.2 Å². The van der Waals surface area contributed by atoms with E-state index < -0.39 is 6.10 Å². The fourth-order valence-electron chi connectivity index (χ4n) is 2.46. The highest BCUT2D eigenvalue weighted by Gasteiger charge is 2.27. The summed E-state index contributed by atoms with van der Waals surface area (Å²) in [4.78, 5) is 2.16. The van der Waals surface area contributed by atoms with Crippen LogP contribution in [0.4, 0.5) is 0 Å². The monoisotopic (exact) mass is 265 g/mol. The van der Waals surface area contributed by atoms with Gasteiger partial charge in [0.2, 0.25) is 0 Å². The minimum absolute atomic E-state index is 0.193. The van der Waals surface area contributed by atoms with Gasteiger partial charge < -0.3 is 24.2 Å². The van der Waals surface area contributed by atoms with Gasteiger partial charge in [0, 0.05) is 13.1 Å². The molecule has 1 N–H and O–H groups in total. The highest BCUT2D eigenvalue weighted by atomic mass is 16.6. The van der Waals surface area contributed by atoms with Crippen molar-refractivity contribution in [2.75, 3.05) is 40.0 Å². The van der Waals surface area contributed by atoms with E-state index in [1.54, 1.807) is 0 Å². The van der Waals surface area contributed by atoms with Gasteiger partial charge in [0.1, 0.15) is 25.4 Å². The van der Waals surface area contributed by atoms with E-state index in [1.165, 1.54) is 0 Å². The third-order valence-electron chi connectivity index (χ3n) is 3.56. The maximum Gasteiger partial charge on any atom is 0.161 e. The molecule has 0 saturated carbocycles. The second-order valence-electron chi connectivity index (χ2n) is 5.02. The first kappa shape index (κ1) is 12.7. The van der Waals surface area contributed by atoms with E-state index in [2.05, 4.69) is 4.90 Å². The third kappa shape index (κ3) is 2.68. The first-order valence-electron chi connectivity index (χ1n) is 6.62. The molecule has 1 fully saturated rings. The van der Waals surface area contributed by atoms with Crippen LogP contribution in [0.25, 0.3) is 0 Å². The molecule has 2 heterocycles. The lowest BCUT2D eigenvalue weighted by molar-refractivity contribution is -0.0845. The van der Waals surface area contributed by atoms with Crippen molar-refractivity contribution in [2.24, 2.45) is 0 Å². The molecule has 2 atom stereocenters. The molecule has 5 nitrogen and oxygen atoms in total. The Bertz CT molecular complexity index is 451. The Morgan fingerprint density at radius 1 is 1.21 bits per heavy atom. The van der Waals surface area contributed by atoms with Crippen molar-refractivity contribution in [3.05, 3.63) is 23.8 Å². The van der Waals surface area contributed by atoms with Crippen molar-refractivity contribution < 1.29 is 19.3 Å². The number of aliphatic hydroxyl groups is 1. The van der Waals surface area contributed by atoms with Gasteiger partial charge in [-0.2, -0.15) is 0 Å². The minimum atomic E-state index is -0.640. The number of rotatable bonds is 2. The fourth-order valence-corrected chi connectivity index (χ4v) is 2.46. The molecule has 0 bridgehead atoms. The molecule has 104 valence electrons. The van der Waals surface area contributed by atoms with Crippen LogP contribution in [0, 0.1) is 0 Å². The molecule has 0 spiro atoms. The maximum atomic E-state index is 10.4. The first-order chi connectivity index (χ1) is 9.24. The van der Waals surface area contributed by atoms with Gasteiger partial charge in [0.25, 0.3) is 0 Å². The molecular weight excluding hydrogens is 246 g/mol. The maximum absolute atomic E-state index is 10.4. The Labute approximate surface area is 112 Å². The first-order valence-corrected chi connectivity index (χ1v) is 6.62. The van der Waals surface area contributed by atoms with Crippen LogP contribution in [-0.4, -0.2) is 56.1 Å². The standard InChI is InChI=1S/C14H19NO4/c1-15-4-5-17-13(9-15)14(16)10-2-3-11-12(8-10)19-7-6-18-11/h2-3,8,13-14,16H,4-7,9H2,1H3. The Morgan fingerprint density at radius 3 is 2.79 bits per heavy atom. The number of morpholine rings is 1. The number of hydrogen-bond donors (Lipinski definition) is 1. The summed E-state index contributed by atoms with van der Waals surface area (Å²) in [5, 5.41) is 10.4. The molecule has 2 aliphatic rings. The van der Waals surface area contributed by atoms with Crippen molar-refractivity contribution >= 4 is 0 Å². The van der Waals surface area contributed by atoms with E-state index in [0.717, 1.165) is 24.4 Å². The van der Waals surface area contributed by atoms with Crippen LogP contribution in [-0.2, 0) is 4.74 Å². The molecule has 2 aliphatic heterocycles. The predicted octanol–water partition coefficient (Wildman–Crippen LogP) is 0.822. The van der Waals surface area contributed by atoms with Gasteiger partial charge in [0.15, 0.2) is 11.5 Å². The van der Waals surface area contributed by atoms with E-state index >= 15 is 0 Å². The van der Waals surface area contributed by atoms with Crippen LogP contribution in [0.15, 0.2) is 18.2 Å². The average molecular weight is 265 g/mol. The number of ether oxygens (including phenoxy) is 3. The van der Waals surface area contributed by atoms with Crippen LogP contribution in [0.3, 0.4) is 0 Å². The van der Waals surface area contributed by atoms with Crippen LogP contribution in [0.1, 0.15) is 11.7 Å². The molecule has 2 unspecified atom stereocenters. The van der Waals surface area contributed by atoms with Gasteiger partial charge in [-0.05, 0) is 24.7 Å². The van der Waals surface area contributed by atoms with Crippen LogP contribution in [0.5, 0.6) is 11.5 Å². The zero-order valence-corrected chi connectivity index (χ0v) is 11.0. The quantitative estimate of drug-likeness (QED) is 0.858. The summed E-state index contributed by atoms with van der Waals surface area (Å²) in [7, 11) is 2.03. The molecule has 0 radical (unpaired) electrons. The van der Waals surface area contributed by atoms with Gasteiger partial charge in [0.05, 0.1) is 6.61 Å². The van der Waals surface area contributed by atoms with Gasteiger partial charge in [-0.3, -0.25) is 0 Å². The second kappa shape index (κ2) is 5.36. The summed E-state index contributed by atoms with van der Waals surface area (Å²) in [5.41, 5.74) is 0.810. The summed E-state index contributed by atoms with van der Waals surface area (Å²) in [5.74, 6) is 1.44. The molecule has 1 aromatic carbocycles. The topological polar surface area (TPSA) is 51.2 Å². The normalized spacial score (nSPS) is 25.1. The third-order valence-corrected chi connectivity index (χ3v) is 3.56.